The van der Waals surface area contributed by atoms with Crippen LogP contribution in [0.15, 0.2) is 30.5 Å². The molecule has 2 aromatic rings. The van der Waals surface area contributed by atoms with E-state index >= 15 is 0 Å². The number of aryl methyl sites for hydroxylation is 1. The van der Waals surface area contributed by atoms with E-state index in [4.69, 9.17) is 4.74 Å². The molecule has 3 atom stereocenters. The molecule has 1 aromatic carbocycles. The van der Waals surface area contributed by atoms with Crippen molar-refractivity contribution in [1.29, 1.82) is 0 Å². The number of aromatic nitrogens is 3. The first kappa shape index (κ1) is 20.4. The Balaban J connectivity index is 1.52. The van der Waals surface area contributed by atoms with Gasteiger partial charge in [-0.3, -0.25) is 9.48 Å². The molecule has 1 amide bonds. The monoisotopic (exact) mass is 390 g/mol. The van der Waals surface area contributed by atoms with E-state index in [0.717, 1.165) is 18.5 Å². The van der Waals surface area contributed by atoms with E-state index in [-0.39, 0.29) is 30.2 Å². The predicted molar refractivity (Wildman–Crippen MR) is 101 cm³/mol. The van der Waals surface area contributed by atoms with E-state index in [1.807, 2.05) is 10.9 Å². The molecule has 2 N–H and O–H groups in total. The van der Waals surface area contributed by atoms with E-state index < -0.39 is 11.9 Å². The maximum atomic E-state index is 13.3. The number of carbonyl (C=O) groups is 1. The largest absolute Gasteiger partial charge is 0.394 e. The SMILES string of the molecule is CC(C)c1cn(CC[C@@H]2CC[C@@H](NC(=O)c3cccc(F)c3)[C@@H](CO)O2)nn1. The van der Waals surface area contributed by atoms with Crippen molar-refractivity contribution in [2.24, 2.45) is 0 Å². The number of benzene rings is 1. The zero-order chi connectivity index (χ0) is 20.1. The molecule has 1 saturated heterocycles. The number of rotatable bonds is 7. The highest BCUT2D eigenvalue weighted by atomic mass is 19.1. The Morgan fingerprint density at radius 1 is 1.43 bits per heavy atom. The number of aliphatic hydroxyl groups is 1. The number of hydrogen-bond donors (Lipinski definition) is 2. The number of amides is 1. The van der Waals surface area contributed by atoms with Crippen LogP contribution in [-0.2, 0) is 11.3 Å². The second-order valence-electron chi connectivity index (χ2n) is 7.50. The van der Waals surface area contributed by atoms with Crippen molar-refractivity contribution < 1.29 is 19.0 Å². The van der Waals surface area contributed by atoms with Crippen LogP contribution in [0.5, 0.6) is 0 Å². The van der Waals surface area contributed by atoms with E-state index in [9.17, 15) is 14.3 Å². The molecule has 1 aliphatic heterocycles. The van der Waals surface area contributed by atoms with Gasteiger partial charge in [-0.2, -0.15) is 0 Å². The zero-order valence-electron chi connectivity index (χ0n) is 16.2. The van der Waals surface area contributed by atoms with Crippen LogP contribution in [0.25, 0.3) is 0 Å². The fraction of sp³-hybridized carbons (Fsp3) is 0.550. The molecule has 0 aliphatic carbocycles. The van der Waals surface area contributed by atoms with E-state index in [0.29, 0.717) is 18.9 Å². The van der Waals surface area contributed by atoms with Crippen LogP contribution in [0.3, 0.4) is 0 Å². The molecule has 2 heterocycles. The van der Waals surface area contributed by atoms with Gasteiger partial charge in [0.15, 0.2) is 0 Å². The van der Waals surface area contributed by atoms with Crippen molar-refractivity contribution in [1.82, 2.24) is 20.3 Å². The highest BCUT2D eigenvalue weighted by Crippen LogP contribution is 2.23. The molecule has 0 bridgehead atoms. The Labute approximate surface area is 163 Å². The Morgan fingerprint density at radius 2 is 2.25 bits per heavy atom. The second-order valence-corrected chi connectivity index (χ2v) is 7.50. The van der Waals surface area contributed by atoms with Gasteiger partial charge in [0.1, 0.15) is 11.9 Å². The van der Waals surface area contributed by atoms with Gasteiger partial charge in [0.25, 0.3) is 5.91 Å². The summed E-state index contributed by atoms with van der Waals surface area (Å²) in [5, 5.41) is 20.8. The van der Waals surface area contributed by atoms with Gasteiger partial charge >= 0.3 is 0 Å². The number of nitrogens with one attached hydrogen (secondary N) is 1. The van der Waals surface area contributed by atoms with Gasteiger partial charge in [-0.1, -0.05) is 25.1 Å². The van der Waals surface area contributed by atoms with E-state index in [2.05, 4.69) is 29.5 Å². The lowest BCUT2D eigenvalue weighted by Crippen LogP contribution is -2.51. The van der Waals surface area contributed by atoms with Crippen molar-refractivity contribution in [3.63, 3.8) is 0 Å². The van der Waals surface area contributed by atoms with Crippen molar-refractivity contribution in [2.75, 3.05) is 6.61 Å². The average molecular weight is 390 g/mol. The van der Waals surface area contributed by atoms with Gasteiger partial charge in [0.05, 0.1) is 24.4 Å². The molecule has 0 saturated carbocycles. The highest BCUT2D eigenvalue weighted by Gasteiger charge is 2.32. The summed E-state index contributed by atoms with van der Waals surface area (Å²) in [6.07, 6.45) is 3.63. The van der Waals surface area contributed by atoms with Gasteiger partial charge in [-0.05, 0) is 43.4 Å². The van der Waals surface area contributed by atoms with Crippen molar-refractivity contribution >= 4 is 5.91 Å². The summed E-state index contributed by atoms with van der Waals surface area (Å²) in [6.45, 7) is 4.64. The standard InChI is InChI=1S/C20H27FN4O3/c1-13(2)18-11-25(24-23-18)9-8-16-6-7-17(19(12-26)28-16)22-20(27)14-4-3-5-15(21)10-14/h3-5,10-11,13,16-17,19,26H,6-9,12H2,1-2H3,(H,22,27)/t16-,17+,19+/m0/s1. The number of carbonyl (C=O) groups excluding carboxylic acids is 1. The first-order valence-electron chi connectivity index (χ1n) is 9.69. The molecule has 1 fully saturated rings. The summed E-state index contributed by atoms with van der Waals surface area (Å²) in [7, 11) is 0. The average Bonchev–Trinajstić information content (AvgIpc) is 3.16. The smallest absolute Gasteiger partial charge is 0.251 e. The molecule has 1 aromatic heterocycles. The number of aliphatic hydroxyl groups excluding tert-OH is 1. The van der Waals surface area contributed by atoms with Crippen LogP contribution in [-0.4, -0.2) is 50.9 Å². The Morgan fingerprint density at radius 3 is 2.93 bits per heavy atom. The summed E-state index contributed by atoms with van der Waals surface area (Å²) < 4.78 is 21.1. The van der Waals surface area contributed by atoms with Crippen LogP contribution in [0, 0.1) is 5.82 Å². The Bertz CT molecular complexity index is 795. The minimum absolute atomic E-state index is 0.0221. The Kier molecular flexibility index (Phi) is 6.74. The third kappa shape index (κ3) is 5.14. The lowest BCUT2D eigenvalue weighted by atomic mass is 9.96. The fourth-order valence-corrected chi connectivity index (χ4v) is 3.35. The molecule has 0 unspecified atom stereocenters. The van der Waals surface area contributed by atoms with Gasteiger partial charge in [-0.25, -0.2) is 4.39 Å². The van der Waals surface area contributed by atoms with Crippen LogP contribution < -0.4 is 5.32 Å². The molecule has 7 nitrogen and oxygen atoms in total. The minimum atomic E-state index is -0.488. The third-order valence-corrected chi connectivity index (χ3v) is 5.03. The quantitative estimate of drug-likeness (QED) is 0.757. The van der Waals surface area contributed by atoms with Crippen molar-refractivity contribution in [2.45, 2.75) is 63.8 Å². The maximum Gasteiger partial charge on any atom is 0.251 e. The normalized spacial score (nSPS) is 22.4. The molecular formula is C20H27FN4O3. The first-order chi connectivity index (χ1) is 13.5. The number of hydrogen-bond acceptors (Lipinski definition) is 5. The number of ether oxygens (including phenoxy) is 1. The molecular weight excluding hydrogens is 363 g/mol. The highest BCUT2D eigenvalue weighted by molar-refractivity contribution is 5.94. The van der Waals surface area contributed by atoms with Gasteiger partial charge in [-0.15, -0.1) is 5.10 Å². The molecule has 1 aliphatic rings. The topological polar surface area (TPSA) is 89.3 Å². The lowest BCUT2D eigenvalue weighted by molar-refractivity contribution is -0.0912. The minimum Gasteiger partial charge on any atom is -0.394 e. The molecule has 152 valence electrons. The van der Waals surface area contributed by atoms with Gasteiger partial charge in [0, 0.05) is 18.3 Å². The molecule has 0 spiro atoms. The van der Waals surface area contributed by atoms with Crippen LogP contribution in [0.1, 0.15) is 55.1 Å². The fourth-order valence-electron chi connectivity index (χ4n) is 3.35. The molecule has 28 heavy (non-hydrogen) atoms. The van der Waals surface area contributed by atoms with E-state index in [1.165, 1.54) is 18.2 Å². The van der Waals surface area contributed by atoms with Gasteiger partial charge < -0.3 is 15.2 Å². The molecule has 8 heteroatoms. The summed E-state index contributed by atoms with van der Waals surface area (Å²) >= 11 is 0. The molecule has 0 radical (unpaired) electrons. The zero-order valence-corrected chi connectivity index (χ0v) is 16.2. The Hall–Kier alpha value is -2.32. The summed E-state index contributed by atoms with van der Waals surface area (Å²) in [5.74, 6) is -0.491. The summed E-state index contributed by atoms with van der Waals surface area (Å²) in [5.41, 5.74) is 1.21. The predicted octanol–water partition coefficient (Wildman–Crippen LogP) is 2.27. The lowest BCUT2D eigenvalue weighted by Gasteiger charge is -2.36. The number of halogens is 1. The van der Waals surface area contributed by atoms with Crippen molar-refractivity contribution in [3.8, 4) is 0 Å². The maximum absolute atomic E-state index is 13.3. The van der Waals surface area contributed by atoms with Crippen LogP contribution >= 0.6 is 0 Å². The summed E-state index contributed by atoms with van der Waals surface area (Å²) in [4.78, 5) is 12.3. The first-order valence-corrected chi connectivity index (χ1v) is 9.69. The second kappa shape index (κ2) is 9.25. The van der Waals surface area contributed by atoms with E-state index in [1.54, 1.807) is 6.07 Å². The van der Waals surface area contributed by atoms with Crippen molar-refractivity contribution in [3.05, 3.63) is 47.5 Å². The van der Waals surface area contributed by atoms with Crippen LogP contribution in [0.2, 0.25) is 0 Å². The molecule has 3 rings (SSSR count). The number of nitrogens with zero attached hydrogens (tertiary/aromatic N) is 3. The van der Waals surface area contributed by atoms with Crippen LogP contribution in [0.4, 0.5) is 4.39 Å². The van der Waals surface area contributed by atoms with Gasteiger partial charge in [0.2, 0.25) is 0 Å². The third-order valence-electron chi connectivity index (χ3n) is 5.03. The summed E-state index contributed by atoms with van der Waals surface area (Å²) in [6, 6.07) is 5.23.